The molecule has 3 aromatic rings. The molecule has 0 aliphatic carbocycles. The fraction of sp³-hybridized carbons (Fsp3) is 0.174. The van der Waals surface area contributed by atoms with Crippen LogP contribution in [0.2, 0.25) is 5.02 Å². The molecule has 0 heterocycles. The molecule has 30 heavy (non-hydrogen) atoms. The molecule has 1 amide bonds. The Morgan fingerprint density at radius 1 is 0.867 bits per heavy atom. The number of rotatable bonds is 6. The zero-order valence-corrected chi connectivity index (χ0v) is 18.6. The first-order valence-corrected chi connectivity index (χ1v) is 11.2. The van der Waals surface area contributed by atoms with Crippen LogP contribution in [0.15, 0.2) is 77.7 Å². The Morgan fingerprint density at radius 3 is 2.00 bits per heavy atom. The van der Waals surface area contributed by atoms with Gasteiger partial charge in [-0.3, -0.25) is 9.10 Å². The van der Waals surface area contributed by atoms with Crippen LogP contribution in [0.4, 0.5) is 5.69 Å². The fourth-order valence-electron chi connectivity index (χ4n) is 2.98. The van der Waals surface area contributed by atoms with Crippen molar-refractivity contribution >= 4 is 33.2 Å². The van der Waals surface area contributed by atoms with Crippen molar-refractivity contribution in [1.29, 1.82) is 0 Å². The Labute approximate surface area is 182 Å². The highest BCUT2D eigenvalue weighted by atomic mass is 35.5. The van der Waals surface area contributed by atoms with E-state index in [0.29, 0.717) is 22.8 Å². The molecule has 156 valence electrons. The predicted molar refractivity (Wildman–Crippen MR) is 120 cm³/mol. The second-order valence-electron chi connectivity index (χ2n) is 7.12. The molecular weight excluding hydrogens is 420 g/mol. The molecule has 0 saturated carbocycles. The highest BCUT2D eigenvalue weighted by Gasteiger charge is 2.21. The molecule has 0 atom stereocenters. The third kappa shape index (κ3) is 4.83. The predicted octanol–water partition coefficient (Wildman–Crippen LogP) is 4.75. The van der Waals surface area contributed by atoms with E-state index in [1.165, 1.54) is 41.2 Å². The second-order valence-corrected chi connectivity index (χ2v) is 9.53. The van der Waals surface area contributed by atoms with Gasteiger partial charge < -0.3 is 4.90 Å². The van der Waals surface area contributed by atoms with Gasteiger partial charge in [0, 0.05) is 31.2 Å². The summed E-state index contributed by atoms with van der Waals surface area (Å²) >= 11 is 5.84. The molecule has 0 fully saturated rings. The average molecular weight is 443 g/mol. The van der Waals surface area contributed by atoms with Crippen LogP contribution in [0.25, 0.3) is 0 Å². The number of hydrogen-bond donors (Lipinski definition) is 0. The Kier molecular flexibility index (Phi) is 6.48. The zero-order chi connectivity index (χ0) is 21.9. The van der Waals surface area contributed by atoms with Crippen molar-refractivity contribution in [2.75, 3.05) is 18.4 Å². The highest BCUT2D eigenvalue weighted by molar-refractivity contribution is 7.92. The Bertz CT molecular complexity index is 1130. The zero-order valence-electron chi connectivity index (χ0n) is 17.0. The highest BCUT2D eigenvalue weighted by Crippen LogP contribution is 2.24. The van der Waals surface area contributed by atoms with Gasteiger partial charge in [-0.1, -0.05) is 41.4 Å². The number of hydrogen-bond acceptors (Lipinski definition) is 3. The molecule has 0 spiro atoms. The van der Waals surface area contributed by atoms with Crippen molar-refractivity contribution in [3.05, 3.63) is 94.5 Å². The maximum Gasteiger partial charge on any atom is 0.264 e. The molecule has 0 bridgehead atoms. The Hall–Kier alpha value is -2.83. The molecule has 7 heteroatoms. The van der Waals surface area contributed by atoms with Gasteiger partial charge in [0.1, 0.15) is 0 Å². The van der Waals surface area contributed by atoms with E-state index in [2.05, 4.69) is 0 Å². The molecule has 0 aliphatic rings. The van der Waals surface area contributed by atoms with Crippen LogP contribution in [-0.4, -0.2) is 33.3 Å². The second kappa shape index (κ2) is 8.90. The Balaban J connectivity index is 1.74. The number of halogens is 1. The number of aryl methyl sites for hydroxylation is 1. The van der Waals surface area contributed by atoms with Crippen molar-refractivity contribution in [3.8, 4) is 0 Å². The van der Waals surface area contributed by atoms with E-state index < -0.39 is 10.0 Å². The summed E-state index contributed by atoms with van der Waals surface area (Å²) in [5.74, 6) is -0.134. The summed E-state index contributed by atoms with van der Waals surface area (Å²) in [6.07, 6.45) is 0. The largest absolute Gasteiger partial charge is 0.337 e. The molecule has 0 radical (unpaired) electrons. The standard InChI is InChI=1S/C23H23ClN2O3S/c1-17-4-6-18(7-5-17)16-25(2)23(27)19-8-12-21(13-9-19)26(3)30(28,29)22-14-10-20(24)11-15-22/h4-15H,16H2,1-3H3. The van der Waals surface area contributed by atoms with Gasteiger partial charge in [0.15, 0.2) is 0 Å². The third-order valence-electron chi connectivity index (χ3n) is 4.84. The van der Waals surface area contributed by atoms with E-state index >= 15 is 0 Å². The maximum absolute atomic E-state index is 12.8. The van der Waals surface area contributed by atoms with Crippen LogP contribution in [0, 0.1) is 6.92 Å². The number of sulfonamides is 1. The van der Waals surface area contributed by atoms with Gasteiger partial charge in [0.2, 0.25) is 0 Å². The van der Waals surface area contributed by atoms with Crippen LogP contribution >= 0.6 is 11.6 Å². The Morgan fingerprint density at radius 2 is 1.43 bits per heavy atom. The third-order valence-corrected chi connectivity index (χ3v) is 6.89. The maximum atomic E-state index is 12.8. The molecule has 5 nitrogen and oxygen atoms in total. The molecule has 0 N–H and O–H groups in total. The minimum absolute atomic E-state index is 0.134. The summed E-state index contributed by atoms with van der Waals surface area (Å²) < 4.78 is 26.8. The summed E-state index contributed by atoms with van der Waals surface area (Å²) in [5, 5.41) is 0.467. The van der Waals surface area contributed by atoms with Crippen molar-refractivity contribution in [2.45, 2.75) is 18.4 Å². The molecule has 0 aromatic heterocycles. The van der Waals surface area contributed by atoms with Crippen LogP contribution in [0.5, 0.6) is 0 Å². The number of anilines is 1. The van der Waals surface area contributed by atoms with E-state index in [0.717, 1.165) is 5.56 Å². The summed E-state index contributed by atoms with van der Waals surface area (Å²) in [4.78, 5) is 14.5. The van der Waals surface area contributed by atoms with Gasteiger partial charge >= 0.3 is 0 Å². The van der Waals surface area contributed by atoms with Gasteiger partial charge in [-0.15, -0.1) is 0 Å². The quantitative estimate of drug-likeness (QED) is 0.553. The lowest BCUT2D eigenvalue weighted by molar-refractivity contribution is 0.0785. The van der Waals surface area contributed by atoms with Gasteiger partial charge in [-0.2, -0.15) is 0 Å². The van der Waals surface area contributed by atoms with E-state index in [9.17, 15) is 13.2 Å². The number of benzene rings is 3. The smallest absolute Gasteiger partial charge is 0.264 e. The molecule has 0 saturated heterocycles. The lowest BCUT2D eigenvalue weighted by atomic mass is 10.1. The SMILES string of the molecule is Cc1ccc(CN(C)C(=O)c2ccc(N(C)S(=O)(=O)c3ccc(Cl)cc3)cc2)cc1. The average Bonchev–Trinajstić information content (AvgIpc) is 2.74. The van der Waals surface area contributed by atoms with E-state index in [1.807, 2.05) is 31.2 Å². The van der Waals surface area contributed by atoms with Crippen molar-refractivity contribution < 1.29 is 13.2 Å². The van der Waals surface area contributed by atoms with Crippen molar-refractivity contribution in [2.24, 2.45) is 0 Å². The minimum Gasteiger partial charge on any atom is -0.337 e. The fourth-order valence-corrected chi connectivity index (χ4v) is 4.30. The van der Waals surface area contributed by atoms with Crippen LogP contribution in [-0.2, 0) is 16.6 Å². The van der Waals surface area contributed by atoms with Crippen molar-refractivity contribution in [1.82, 2.24) is 4.90 Å². The molecule has 0 unspecified atom stereocenters. The summed E-state index contributed by atoms with van der Waals surface area (Å²) in [5.41, 5.74) is 3.16. The first-order valence-electron chi connectivity index (χ1n) is 9.34. The topological polar surface area (TPSA) is 57.7 Å². The number of carbonyl (C=O) groups excluding carboxylic acids is 1. The minimum atomic E-state index is -3.72. The van der Waals surface area contributed by atoms with E-state index in [1.54, 1.807) is 36.2 Å². The van der Waals surface area contributed by atoms with Crippen LogP contribution in [0.1, 0.15) is 21.5 Å². The first kappa shape index (κ1) is 21.9. The lowest BCUT2D eigenvalue weighted by Gasteiger charge is -2.21. The molecule has 3 aromatic carbocycles. The van der Waals surface area contributed by atoms with Crippen LogP contribution in [0.3, 0.4) is 0 Å². The van der Waals surface area contributed by atoms with E-state index in [-0.39, 0.29) is 10.8 Å². The van der Waals surface area contributed by atoms with Gasteiger partial charge in [-0.05, 0) is 61.0 Å². The molecular formula is C23H23ClN2O3S. The lowest BCUT2D eigenvalue weighted by Crippen LogP contribution is -2.27. The van der Waals surface area contributed by atoms with Gasteiger partial charge in [-0.25, -0.2) is 8.42 Å². The number of carbonyl (C=O) groups is 1. The summed E-state index contributed by atoms with van der Waals surface area (Å²) in [7, 11) is -0.503. The molecule has 3 rings (SSSR count). The number of nitrogens with zero attached hydrogens (tertiary/aromatic N) is 2. The van der Waals surface area contributed by atoms with Gasteiger partial charge in [0.05, 0.1) is 10.6 Å². The monoisotopic (exact) mass is 442 g/mol. The van der Waals surface area contributed by atoms with Crippen molar-refractivity contribution in [3.63, 3.8) is 0 Å². The van der Waals surface area contributed by atoms with Crippen LogP contribution < -0.4 is 4.31 Å². The summed E-state index contributed by atoms with van der Waals surface area (Å²) in [6.45, 7) is 2.51. The summed E-state index contributed by atoms with van der Waals surface area (Å²) in [6, 6.07) is 20.5. The van der Waals surface area contributed by atoms with E-state index in [4.69, 9.17) is 11.6 Å². The molecule has 0 aliphatic heterocycles. The van der Waals surface area contributed by atoms with Gasteiger partial charge in [0.25, 0.3) is 15.9 Å². The normalized spacial score (nSPS) is 11.2. The first-order chi connectivity index (χ1) is 14.2. The number of amides is 1.